The lowest BCUT2D eigenvalue weighted by Gasteiger charge is -2.32. The molecule has 5 rings (SSSR count). The van der Waals surface area contributed by atoms with Crippen molar-refractivity contribution >= 4 is 22.7 Å². The number of likely N-dealkylation sites (tertiary alicyclic amines) is 1. The molecule has 0 radical (unpaired) electrons. The van der Waals surface area contributed by atoms with Crippen LogP contribution in [0.15, 0.2) is 48.7 Å². The summed E-state index contributed by atoms with van der Waals surface area (Å²) in [6.07, 6.45) is 5.17. The fourth-order valence-corrected chi connectivity index (χ4v) is 4.95. The molecule has 1 aromatic heterocycles. The maximum atomic E-state index is 12.5. The Balaban J connectivity index is 1.15. The van der Waals surface area contributed by atoms with Crippen LogP contribution in [-0.4, -0.2) is 59.9 Å². The van der Waals surface area contributed by atoms with Crippen molar-refractivity contribution in [3.8, 4) is 5.75 Å². The highest BCUT2D eigenvalue weighted by molar-refractivity contribution is 6.21. The minimum atomic E-state index is -0.158. The van der Waals surface area contributed by atoms with E-state index in [2.05, 4.69) is 28.2 Å². The van der Waals surface area contributed by atoms with E-state index in [1.807, 2.05) is 6.07 Å². The molecule has 0 atom stereocenters. The van der Waals surface area contributed by atoms with Gasteiger partial charge in [0.1, 0.15) is 5.75 Å². The number of fused-ring (bicyclic) bond motifs is 2. The van der Waals surface area contributed by atoms with E-state index in [1.165, 1.54) is 15.8 Å². The van der Waals surface area contributed by atoms with E-state index in [9.17, 15) is 9.59 Å². The van der Waals surface area contributed by atoms with Crippen molar-refractivity contribution in [3.05, 3.63) is 65.4 Å². The molecule has 3 heterocycles. The number of aromatic nitrogens is 1. The van der Waals surface area contributed by atoms with Crippen molar-refractivity contribution in [3.63, 3.8) is 0 Å². The summed E-state index contributed by atoms with van der Waals surface area (Å²) in [4.78, 5) is 32.2. The molecule has 6 nitrogen and oxygen atoms in total. The van der Waals surface area contributed by atoms with Gasteiger partial charge in [0.15, 0.2) is 0 Å². The Kier molecular flexibility index (Phi) is 5.24. The van der Waals surface area contributed by atoms with Gasteiger partial charge in [-0.05, 0) is 80.7 Å². The van der Waals surface area contributed by atoms with Crippen LogP contribution in [0.1, 0.15) is 51.5 Å². The van der Waals surface area contributed by atoms with Gasteiger partial charge in [0, 0.05) is 23.6 Å². The SMILES string of the molecule is COc1ccc2[nH]cc(C3CCN(CCCN4C(=O)c5ccccc5C4=O)CC3)c2c1. The van der Waals surface area contributed by atoms with Crippen molar-refractivity contribution < 1.29 is 14.3 Å². The molecule has 2 amide bonds. The number of hydrogen-bond acceptors (Lipinski definition) is 4. The first kappa shape index (κ1) is 19.8. The second kappa shape index (κ2) is 8.19. The van der Waals surface area contributed by atoms with Crippen LogP contribution in [0.4, 0.5) is 0 Å². The molecule has 1 saturated heterocycles. The molecule has 0 saturated carbocycles. The summed E-state index contributed by atoms with van der Waals surface area (Å²) >= 11 is 0. The average molecular weight is 418 g/mol. The molecule has 0 aliphatic carbocycles. The summed E-state index contributed by atoms with van der Waals surface area (Å²) in [5.74, 6) is 1.11. The minimum absolute atomic E-state index is 0.158. The molecule has 2 aliphatic heterocycles. The Morgan fingerprint density at radius 3 is 2.39 bits per heavy atom. The number of nitrogens with zero attached hydrogens (tertiary/aromatic N) is 2. The van der Waals surface area contributed by atoms with Gasteiger partial charge in [0.2, 0.25) is 0 Å². The van der Waals surface area contributed by atoms with Crippen molar-refractivity contribution in [1.29, 1.82) is 0 Å². The molecule has 1 N–H and O–H groups in total. The molecule has 2 aromatic carbocycles. The van der Waals surface area contributed by atoms with Gasteiger partial charge in [-0.15, -0.1) is 0 Å². The van der Waals surface area contributed by atoms with Crippen molar-refractivity contribution in [2.75, 3.05) is 33.3 Å². The van der Waals surface area contributed by atoms with E-state index in [-0.39, 0.29) is 11.8 Å². The number of nitrogens with one attached hydrogen (secondary N) is 1. The van der Waals surface area contributed by atoms with Crippen molar-refractivity contribution in [2.24, 2.45) is 0 Å². The third kappa shape index (κ3) is 3.61. The molecule has 0 unspecified atom stereocenters. The van der Waals surface area contributed by atoms with Crippen LogP contribution in [0.25, 0.3) is 10.9 Å². The smallest absolute Gasteiger partial charge is 0.261 e. The molecule has 0 bridgehead atoms. The quantitative estimate of drug-likeness (QED) is 0.615. The highest BCUT2D eigenvalue weighted by atomic mass is 16.5. The van der Waals surface area contributed by atoms with Gasteiger partial charge in [-0.25, -0.2) is 0 Å². The predicted molar refractivity (Wildman–Crippen MR) is 120 cm³/mol. The molecule has 31 heavy (non-hydrogen) atoms. The molecule has 1 fully saturated rings. The van der Waals surface area contributed by atoms with E-state index in [1.54, 1.807) is 31.4 Å². The number of aromatic amines is 1. The maximum Gasteiger partial charge on any atom is 0.261 e. The summed E-state index contributed by atoms with van der Waals surface area (Å²) in [5, 5.41) is 1.25. The van der Waals surface area contributed by atoms with E-state index >= 15 is 0 Å². The zero-order valence-corrected chi connectivity index (χ0v) is 17.8. The number of carbonyl (C=O) groups excluding carboxylic acids is 2. The Hall–Kier alpha value is -3.12. The zero-order chi connectivity index (χ0) is 21.4. The third-order valence-electron chi connectivity index (χ3n) is 6.68. The van der Waals surface area contributed by atoms with Crippen LogP contribution in [0.2, 0.25) is 0 Å². The van der Waals surface area contributed by atoms with Crippen molar-refractivity contribution in [1.82, 2.24) is 14.8 Å². The molecular weight excluding hydrogens is 390 g/mol. The highest BCUT2D eigenvalue weighted by Gasteiger charge is 2.34. The first-order valence-electron chi connectivity index (χ1n) is 11.0. The summed E-state index contributed by atoms with van der Waals surface area (Å²) < 4.78 is 5.40. The number of carbonyl (C=O) groups is 2. The molecule has 2 aliphatic rings. The monoisotopic (exact) mass is 417 g/mol. The standard InChI is InChI=1S/C25H27N3O3/c1-31-18-7-8-23-21(15-18)22(16-26-23)17-9-13-27(14-10-17)11-4-12-28-24(29)19-5-2-3-6-20(19)25(28)30/h2-3,5-8,15-17,26H,4,9-14H2,1H3. The lowest BCUT2D eigenvalue weighted by Crippen LogP contribution is -2.37. The van der Waals surface area contributed by atoms with Gasteiger partial charge < -0.3 is 14.6 Å². The van der Waals surface area contributed by atoms with E-state index in [0.29, 0.717) is 23.6 Å². The largest absolute Gasteiger partial charge is 0.497 e. The molecular formula is C25H27N3O3. The maximum absolute atomic E-state index is 12.5. The van der Waals surface area contributed by atoms with Crippen LogP contribution in [0, 0.1) is 0 Å². The normalized spacial score (nSPS) is 17.5. The van der Waals surface area contributed by atoms with Gasteiger partial charge in [-0.2, -0.15) is 0 Å². The topological polar surface area (TPSA) is 65.6 Å². The number of benzene rings is 2. The number of piperidine rings is 1. The summed E-state index contributed by atoms with van der Waals surface area (Å²) in [6, 6.07) is 13.3. The number of ether oxygens (including phenoxy) is 1. The number of rotatable bonds is 6. The van der Waals surface area contributed by atoms with Gasteiger partial charge in [0.25, 0.3) is 11.8 Å². The van der Waals surface area contributed by atoms with E-state index in [4.69, 9.17) is 4.74 Å². The number of H-pyrrole nitrogens is 1. The third-order valence-corrected chi connectivity index (χ3v) is 6.68. The summed E-state index contributed by atoms with van der Waals surface area (Å²) in [6.45, 7) is 3.45. The Morgan fingerprint density at radius 2 is 1.71 bits per heavy atom. The van der Waals surface area contributed by atoms with Gasteiger partial charge >= 0.3 is 0 Å². The number of amides is 2. The number of imide groups is 1. The van der Waals surface area contributed by atoms with Crippen molar-refractivity contribution in [2.45, 2.75) is 25.2 Å². The fraction of sp³-hybridized carbons (Fsp3) is 0.360. The minimum Gasteiger partial charge on any atom is -0.497 e. The first-order chi connectivity index (χ1) is 15.2. The van der Waals surface area contributed by atoms with Crippen LogP contribution in [0.5, 0.6) is 5.75 Å². The first-order valence-corrected chi connectivity index (χ1v) is 11.0. The Labute approximate surface area is 181 Å². The van der Waals surface area contributed by atoms with Gasteiger partial charge in [0.05, 0.1) is 18.2 Å². The molecule has 3 aromatic rings. The Morgan fingerprint density at radius 1 is 1.00 bits per heavy atom. The number of hydrogen-bond donors (Lipinski definition) is 1. The lowest BCUT2D eigenvalue weighted by molar-refractivity contribution is 0.0645. The highest BCUT2D eigenvalue weighted by Crippen LogP contribution is 2.34. The lowest BCUT2D eigenvalue weighted by atomic mass is 9.89. The van der Waals surface area contributed by atoms with E-state index < -0.39 is 0 Å². The van der Waals surface area contributed by atoms with E-state index in [0.717, 1.165) is 50.2 Å². The van der Waals surface area contributed by atoms with Crippen LogP contribution in [-0.2, 0) is 0 Å². The predicted octanol–water partition coefficient (Wildman–Crippen LogP) is 4.04. The fourth-order valence-electron chi connectivity index (χ4n) is 4.95. The second-order valence-electron chi connectivity index (χ2n) is 8.43. The Bertz CT molecular complexity index is 1090. The second-order valence-corrected chi connectivity index (χ2v) is 8.43. The van der Waals surface area contributed by atoms with Crippen LogP contribution < -0.4 is 4.74 Å². The number of methoxy groups -OCH3 is 1. The molecule has 6 heteroatoms. The molecule has 0 spiro atoms. The van der Waals surface area contributed by atoms with Gasteiger partial charge in [-0.3, -0.25) is 14.5 Å². The van der Waals surface area contributed by atoms with Gasteiger partial charge in [-0.1, -0.05) is 12.1 Å². The van der Waals surface area contributed by atoms with Crippen LogP contribution in [0.3, 0.4) is 0 Å². The van der Waals surface area contributed by atoms with Crippen LogP contribution >= 0.6 is 0 Å². The summed E-state index contributed by atoms with van der Waals surface area (Å²) in [5.41, 5.74) is 3.59. The summed E-state index contributed by atoms with van der Waals surface area (Å²) in [7, 11) is 1.70. The zero-order valence-electron chi connectivity index (χ0n) is 17.8. The molecule has 160 valence electrons. The average Bonchev–Trinajstić information content (AvgIpc) is 3.34.